The van der Waals surface area contributed by atoms with Crippen molar-refractivity contribution >= 4 is 39.9 Å². The molecule has 6 rings (SSSR count). The minimum atomic E-state index is -4.50. The molecule has 168 valence electrons. The molecule has 0 spiro atoms. The third-order valence-electron chi connectivity index (χ3n) is 6.55. The molecule has 1 fully saturated rings. The summed E-state index contributed by atoms with van der Waals surface area (Å²) in [6.45, 7) is 0.403. The number of carbonyl (C=O) groups is 1. The van der Waals surface area contributed by atoms with Crippen LogP contribution in [0.2, 0.25) is 5.02 Å². The molecule has 33 heavy (non-hydrogen) atoms. The molecule has 2 aliphatic rings. The molecule has 7 nitrogen and oxygen atoms in total. The first-order valence-electron chi connectivity index (χ1n) is 10.3. The van der Waals surface area contributed by atoms with Crippen molar-refractivity contribution in [2.75, 3.05) is 12.3 Å². The first-order chi connectivity index (χ1) is 15.7. The smallest absolute Gasteiger partial charge is 0.382 e. The zero-order chi connectivity index (χ0) is 23.1. The van der Waals surface area contributed by atoms with Crippen LogP contribution in [0.1, 0.15) is 52.1 Å². The highest BCUT2D eigenvalue weighted by atomic mass is 35.5. The first-order valence-corrected chi connectivity index (χ1v) is 10.7. The molecule has 1 aromatic carbocycles. The molecule has 4 heterocycles. The summed E-state index contributed by atoms with van der Waals surface area (Å²) in [5.41, 5.74) is 8.24. The SMILES string of the molecule is Nc1nc2cc(Cl)c(C(=O)N3CC[C@H]4C[C@@H]3c3ccc(C(F)(F)F)nc34)cc2n2cncc12. The fraction of sp³-hybridized carbons (Fsp3) is 0.273. The Labute approximate surface area is 190 Å². The van der Waals surface area contributed by atoms with Crippen LogP contribution in [0.5, 0.6) is 0 Å². The number of nitrogen functional groups attached to an aromatic ring is 1. The number of benzene rings is 1. The fourth-order valence-corrected chi connectivity index (χ4v) is 5.26. The summed E-state index contributed by atoms with van der Waals surface area (Å²) >= 11 is 6.48. The van der Waals surface area contributed by atoms with Crippen LogP contribution >= 0.6 is 11.6 Å². The molecule has 1 aliphatic carbocycles. The second kappa shape index (κ2) is 6.80. The lowest BCUT2D eigenvalue weighted by Gasteiger charge is -2.34. The van der Waals surface area contributed by atoms with Crippen LogP contribution in [0.3, 0.4) is 0 Å². The van der Waals surface area contributed by atoms with Gasteiger partial charge in [0.25, 0.3) is 5.91 Å². The number of pyridine rings is 1. The molecule has 11 heteroatoms. The number of rotatable bonds is 1. The summed E-state index contributed by atoms with van der Waals surface area (Å²) in [6, 6.07) is 5.34. The number of anilines is 1. The lowest BCUT2D eigenvalue weighted by Crippen LogP contribution is -2.37. The largest absolute Gasteiger partial charge is 0.433 e. The van der Waals surface area contributed by atoms with Gasteiger partial charge in [-0.05, 0) is 36.6 Å². The van der Waals surface area contributed by atoms with Crippen molar-refractivity contribution < 1.29 is 18.0 Å². The van der Waals surface area contributed by atoms with Crippen LogP contribution in [0.15, 0.2) is 36.8 Å². The van der Waals surface area contributed by atoms with Crippen LogP contribution in [-0.4, -0.2) is 36.7 Å². The monoisotopic (exact) mass is 472 g/mol. The molecule has 1 amide bonds. The number of fused-ring (bicyclic) bond motifs is 8. The van der Waals surface area contributed by atoms with Crippen LogP contribution in [-0.2, 0) is 6.18 Å². The standard InChI is InChI=1S/C22H16ClF3N6O/c23-13-7-14-16(32-9-28-8-17(32)20(27)29-14)6-12(13)21(33)31-4-3-10-5-15(31)11-1-2-18(22(24,25)26)30-19(10)11/h1-2,6-10,15H,3-5H2,(H2,27,29)/t10-,15+/m0/s1. The number of amides is 1. The van der Waals surface area contributed by atoms with Crippen molar-refractivity contribution in [1.82, 2.24) is 24.3 Å². The van der Waals surface area contributed by atoms with Gasteiger partial charge in [-0.1, -0.05) is 17.7 Å². The van der Waals surface area contributed by atoms with Gasteiger partial charge >= 0.3 is 6.18 Å². The van der Waals surface area contributed by atoms with Gasteiger partial charge in [0.2, 0.25) is 0 Å². The average molecular weight is 473 g/mol. The maximum absolute atomic E-state index is 13.6. The number of halogens is 4. The van der Waals surface area contributed by atoms with Gasteiger partial charge in [-0.3, -0.25) is 9.20 Å². The zero-order valence-electron chi connectivity index (χ0n) is 17.0. The van der Waals surface area contributed by atoms with Gasteiger partial charge in [0.15, 0.2) is 0 Å². The van der Waals surface area contributed by atoms with Gasteiger partial charge in [-0.2, -0.15) is 13.2 Å². The van der Waals surface area contributed by atoms with E-state index in [-0.39, 0.29) is 28.5 Å². The third kappa shape index (κ3) is 2.97. The molecular formula is C22H16ClF3N6O. The Morgan fingerprint density at radius 3 is 2.79 bits per heavy atom. The average Bonchev–Trinajstić information content (AvgIpc) is 3.37. The van der Waals surface area contributed by atoms with E-state index >= 15 is 0 Å². The minimum absolute atomic E-state index is 0.0961. The lowest BCUT2D eigenvalue weighted by molar-refractivity contribution is -0.141. The fourth-order valence-electron chi connectivity index (χ4n) is 5.02. The van der Waals surface area contributed by atoms with Crippen molar-refractivity contribution in [2.45, 2.75) is 31.0 Å². The molecular weight excluding hydrogens is 457 g/mol. The predicted octanol–water partition coefficient (Wildman–Crippen LogP) is 4.61. The predicted molar refractivity (Wildman–Crippen MR) is 115 cm³/mol. The minimum Gasteiger partial charge on any atom is -0.382 e. The van der Waals surface area contributed by atoms with Crippen LogP contribution < -0.4 is 5.73 Å². The van der Waals surface area contributed by atoms with E-state index in [0.29, 0.717) is 53.0 Å². The summed E-state index contributed by atoms with van der Waals surface area (Å²) in [7, 11) is 0. The lowest BCUT2D eigenvalue weighted by atomic mass is 9.96. The molecule has 0 radical (unpaired) electrons. The van der Waals surface area contributed by atoms with Gasteiger partial charge in [0, 0.05) is 18.2 Å². The van der Waals surface area contributed by atoms with E-state index in [4.69, 9.17) is 17.3 Å². The number of hydrogen-bond donors (Lipinski definition) is 1. The number of aromatic nitrogens is 4. The second-order valence-corrected chi connectivity index (χ2v) is 8.78. The maximum Gasteiger partial charge on any atom is 0.433 e. The highest BCUT2D eigenvalue weighted by Gasteiger charge is 2.44. The number of likely N-dealkylation sites (tertiary alicyclic amines) is 1. The summed E-state index contributed by atoms with van der Waals surface area (Å²) < 4.78 is 41.2. The Morgan fingerprint density at radius 2 is 2.00 bits per heavy atom. The summed E-state index contributed by atoms with van der Waals surface area (Å²) in [4.78, 5) is 27.7. The normalized spacial score (nSPS) is 19.9. The number of hydrogen-bond acceptors (Lipinski definition) is 5. The Balaban J connectivity index is 1.42. The summed E-state index contributed by atoms with van der Waals surface area (Å²) in [5.74, 6) is -0.0881. The number of imidazole rings is 1. The van der Waals surface area contributed by atoms with Gasteiger partial charge in [0.1, 0.15) is 17.0 Å². The summed E-state index contributed by atoms with van der Waals surface area (Å²) in [6.07, 6.45) is -0.250. The van der Waals surface area contributed by atoms with Crippen LogP contribution in [0, 0.1) is 0 Å². The van der Waals surface area contributed by atoms with E-state index in [1.165, 1.54) is 6.07 Å². The van der Waals surface area contributed by atoms with E-state index in [9.17, 15) is 18.0 Å². The number of carbonyl (C=O) groups excluding carboxylic acids is 1. The zero-order valence-corrected chi connectivity index (χ0v) is 17.7. The van der Waals surface area contributed by atoms with E-state index in [1.54, 1.807) is 34.0 Å². The molecule has 1 aliphatic heterocycles. The number of nitrogens with two attached hydrogens (primary N) is 1. The highest BCUT2D eigenvalue weighted by Crippen LogP contribution is 2.49. The van der Waals surface area contributed by atoms with Gasteiger partial charge in [-0.15, -0.1) is 0 Å². The van der Waals surface area contributed by atoms with Gasteiger partial charge in [0.05, 0.1) is 40.2 Å². The van der Waals surface area contributed by atoms with E-state index in [0.717, 1.165) is 6.07 Å². The van der Waals surface area contributed by atoms with Crippen molar-refractivity contribution in [3.63, 3.8) is 0 Å². The van der Waals surface area contributed by atoms with Gasteiger partial charge in [-0.25, -0.2) is 15.0 Å². The Hall–Kier alpha value is -3.40. The van der Waals surface area contributed by atoms with Crippen molar-refractivity contribution in [3.05, 3.63) is 64.3 Å². The van der Waals surface area contributed by atoms with Crippen LogP contribution in [0.25, 0.3) is 16.6 Å². The number of alkyl halides is 3. The van der Waals surface area contributed by atoms with Crippen molar-refractivity contribution in [3.8, 4) is 0 Å². The quantitative estimate of drug-likeness (QED) is 0.437. The second-order valence-electron chi connectivity index (χ2n) is 8.37. The van der Waals surface area contributed by atoms with Crippen LogP contribution in [0.4, 0.5) is 19.0 Å². The Kier molecular flexibility index (Phi) is 4.17. The van der Waals surface area contributed by atoms with E-state index in [1.807, 2.05) is 0 Å². The van der Waals surface area contributed by atoms with Crippen molar-refractivity contribution in [1.29, 1.82) is 0 Å². The van der Waals surface area contributed by atoms with Crippen molar-refractivity contribution in [2.24, 2.45) is 0 Å². The first kappa shape index (κ1) is 20.2. The third-order valence-corrected chi connectivity index (χ3v) is 6.87. The topological polar surface area (TPSA) is 89.4 Å². The maximum atomic E-state index is 13.6. The summed E-state index contributed by atoms with van der Waals surface area (Å²) in [5, 5.41) is 0.227. The molecule has 2 atom stereocenters. The number of piperidine rings is 1. The Bertz CT molecular complexity index is 1470. The van der Waals surface area contributed by atoms with E-state index in [2.05, 4.69) is 15.0 Å². The molecule has 0 saturated carbocycles. The molecule has 1 saturated heterocycles. The van der Waals surface area contributed by atoms with E-state index < -0.39 is 11.9 Å². The molecule has 2 N–H and O–H groups in total. The highest BCUT2D eigenvalue weighted by molar-refractivity contribution is 6.34. The Morgan fingerprint density at radius 1 is 1.18 bits per heavy atom. The van der Waals surface area contributed by atoms with Gasteiger partial charge < -0.3 is 10.6 Å². The number of nitrogens with zero attached hydrogens (tertiary/aromatic N) is 5. The molecule has 3 aromatic heterocycles. The molecule has 2 bridgehead atoms. The molecule has 0 unspecified atom stereocenters. The molecule has 4 aromatic rings.